The molecule has 0 saturated carbocycles. The number of carbonyl (C=O) groups excluding carboxylic acids is 1. The Morgan fingerprint density at radius 2 is 2.00 bits per heavy atom. The molecule has 106 valence electrons. The fourth-order valence-electron chi connectivity index (χ4n) is 1.61. The van der Waals surface area contributed by atoms with Crippen molar-refractivity contribution >= 4 is 11.6 Å². The predicted octanol–water partition coefficient (Wildman–Crippen LogP) is 2.95. The molecule has 0 spiro atoms. The van der Waals surface area contributed by atoms with Gasteiger partial charge in [0.15, 0.2) is 0 Å². The fraction of sp³-hybridized carbons (Fsp3) is 0.462. The summed E-state index contributed by atoms with van der Waals surface area (Å²) in [6, 6.07) is 3.78. The molecule has 3 nitrogen and oxygen atoms in total. The zero-order chi connectivity index (χ0) is 14.5. The first kappa shape index (κ1) is 15.5. The molecule has 0 bridgehead atoms. The molecule has 0 aliphatic rings. The van der Waals surface area contributed by atoms with Crippen LogP contribution in [-0.4, -0.2) is 19.0 Å². The van der Waals surface area contributed by atoms with Gasteiger partial charge in [-0.3, -0.25) is 4.79 Å². The number of aryl methyl sites for hydroxylation is 1. The zero-order valence-corrected chi connectivity index (χ0v) is 10.9. The SMILES string of the molecule is CCNCCC(=O)Nc1ccc(C)c(C(F)(F)F)c1. The van der Waals surface area contributed by atoms with Gasteiger partial charge in [0.05, 0.1) is 5.56 Å². The van der Waals surface area contributed by atoms with Crippen LogP contribution < -0.4 is 10.6 Å². The van der Waals surface area contributed by atoms with Gasteiger partial charge in [-0.2, -0.15) is 13.2 Å². The van der Waals surface area contributed by atoms with Gasteiger partial charge in [-0.15, -0.1) is 0 Å². The summed E-state index contributed by atoms with van der Waals surface area (Å²) in [7, 11) is 0. The van der Waals surface area contributed by atoms with Crippen molar-refractivity contribution in [3.8, 4) is 0 Å². The van der Waals surface area contributed by atoms with Gasteiger partial charge >= 0.3 is 6.18 Å². The average molecular weight is 274 g/mol. The van der Waals surface area contributed by atoms with Gasteiger partial charge in [0.1, 0.15) is 0 Å². The molecule has 0 aliphatic carbocycles. The van der Waals surface area contributed by atoms with Crippen molar-refractivity contribution in [1.29, 1.82) is 0 Å². The second-order valence-electron chi connectivity index (χ2n) is 4.18. The minimum absolute atomic E-state index is 0.137. The van der Waals surface area contributed by atoms with Gasteiger partial charge in [-0.25, -0.2) is 0 Å². The molecule has 1 amide bonds. The topological polar surface area (TPSA) is 41.1 Å². The van der Waals surface area contributed by atoms with E-state index in [2.05, 4.69) is 10.6 Å². The van der Waals surface area contributed by atoms with Crippen molar-refractivity contribution in [3.63, 3.8) is 0 Å². The smallest absolute Gasteiger partial charge is 0.326 e. The van der Waals surface area contributed by atoms with Crippen LogP contribution in [0.15, 0.2) is 18.2 Å². The Labute approximate surface area is 110 Å². The number of carbonyl (C=O) groups is 1. The highest BCUT2D eigenvalue weighted by Gasteiger charge is 2.32. The van der Waals surface area contributed by atoms with Gasteiger partial charge < -0.3 is 10.6 Å². The van der Waals surface area contributed by atoms with Crippen LogP contribution in [0.25, 0.3) is 0 Å². The summed E-state index contributed by atoms with van der Waals surface area (Å²) in [6.07, 6.45) is -4.18. The molecule has 2 N–H and O–H groups in total. The van der Waals surface area contributed by atoms with Gasteiger partial charge in [0, 0.05) is 18.7 Å². The Morgan fingerprint density at radius 1 is 1.32 bits per heavy atom. The Hall–Kier alpha value is -1.56. The van der Waals surface area contributed by atoms with Gasteiger partial charge in [-0.1, -0.05) is 13.0 Å². The number of benzene rings is 1. The average Bonchev–Trinajstić information content (AvgIpc) is 2.30. The largest absolute Gasteiger partial charge is 0.416 e. The molecular weight excluding hydrogens is 257 g/mol. The van der Waals surface area contributed by atoms with Gasteiger partial charge in [0.2, 0.25) is 5.91 Å². The third-order valence-corrected chi connectivity index (χ3v) is 2.61. The summed E-state index contributed by atoms with van der Waals surface area (Å²) in [5, 5.41) is 5.43. The highest BCUT2D eigenvalue weighted by Crippen LogP contribution is 2.33. The molecule has 0 fully saturated rings. The van der Waals surface area contributed by atoms with E-state index in [4.69, 9.17) is 0 Å². The van der Waals surface area contributed by atoms with Crippen LogP contribution in [-0.2, 0) is 11.0 Å². The molecule has 0 aliphatic heterocycles. The van der Waals surface area contributed by atoms with Crippen LogP contribution >= 0.6 is 0 Å². The van der Waals surface area contributed by atoms with E-state index in [0.29, 0.717) is 6.54 Å². The Kier molecular flexibility index (Phi) is 5.35. The van der Waals surface area contributed by atoms with Crippen LogP contribution in [0.2, 0.25) is 0 Å². The third kappa shape index (κ3) is 4.90. The molecule has 1 rings (SSSR count). The molecule has 0 saturated heterocycles. The molecule has 1 aromatic carbocycles. The Morgan fingerprint density at radius 3 is 2.58 bits per heavy atom. The number of amides is 1. The summed E-state index contributed by atoms with van der Waals surface area (Å²) in [6.45, 7) is 4.55. The van der Waals surface area contributed by atoms with Crippen molar-refractivity contribution in [3.05, 3.63) is 29.3 Å². The van der Waals surface area contributed by atoms with Crippen molar-refractivity contribution in [2.24, 2.45) is 0 Å². The van der Waals surface area contributed by atoms with E-state index in [-0.39, 0.29) is 23.6 Å². The van der Waals surface area contributed by atoms with Crippen LogP contribution in [0.5, 0.6) is 0 Å². The first-order valence-electron chi connectivity index (χ1n) is 6.03. The van der Waals surface area contributed by atoms with Crippen LogP contribution in [0, 0.1) is 6.92 Å². The second kappa shape index (κ2) is 6.56. The molecule has 6 heteroatoms. The fourth-order valence-corrected chi connectivity index (χ4v) is 1.61. The number of hydrogen-bond donors (Lipinski definition) is 2. The minimum Gasteiger partial charge on any atom is -0.326 e. The molecular formula is C13H17F3N2O. The lowest BCUT2D eigenvalue weighted by molar-refractivity contribution is -0.138. The quantitative estimate of drug-likeness (QED) is 0.810. The minimum atomic E-state index is -4.41. The van der Waals surface area contributed by atoms with E-state index < -0.39 is 11.7 Å². The number of halogens is 3. The van der Waals surface area contributed by atoms with Crippen LogP contribution in [0.3, 0.4) is 0 Å². The molecule has 1 aromatic rings. The summed E-state index contributed by atoms with van der Waals surface area (Å²) in [5.41, 5.74) is -0.422. The van der Waals surface area contributed by atoms with E-state index in [1.807, 2.05) is 6.92 Å². The van der Waals surface area contributed by atoms with E-state index in [1.165, 1.54) is 19.1 Å². The molecule has 0 unspecified atom stereocenters. The maximum Gasteiger partial charge on any atom is 0.416 e. The standard InChI is InChI=1S/C13H17F3N2O/c1-3-17-7-6-12(19)18-10-5-4-9(2)11(8-10)13(14,15)16/h4-5,8,17H,3,6-7H2,1-2H3,(H,18,19). The van der Waals surface area contributed by atoms with E-state index in [0.717, 1.165) is 12.6 Å². The molecule has 0 radical (unpaired) electrons. The molecule has 0 atom stereocenters. The Balaban J connectivity index is 2.72. The van der Waals surface area contributed by atoms with Crippen molar-refractivity contribution in [1.82, 2.24) is 5.32 Å². The lowest BCUT2D eigenvalue weighted by Gasteiger charge is -2.12. The number of nitrogens with one attached hydrogen (secondary N) is 2. The zero-order valence-electron chi connectivity index (χ0n) is 10.9. The third-order valence-electron chi connectivity index (χ3n) is 2.61. The van der Waals surface area contributed by atoms with E-state index >= 15 is 0 Å². The first-order chi connectivity index (χ1) is 8.84. The Bertz CT molecular complexity index is 444. The maximum atomic E-state index is 12.7. The number of rotatable bonds is 5. The van der Waals surface area contributed by atoms with Crippen molar-refractivity contribution < 1.29 is 18.0 Å². The first-order valence-corrected chi connectivity index (χ1v) is 6.03. The number of anilines is 1. The van der Waals surface area contributed by atoms with Crippen molar-refractivity contribution in [2.45, 2.75) is 26.4 Å². The highest BCUT2D eigenvalue weighted by atomic mass is 19.4. The lowest BCUT2D eigenvalue weighted by atomic mass is 10.1. The van der Waals surface area contributed by atoms with E-state index in [1.54, 1.807) is 0 Å². The number of hydrogen-bond acceptors (Lipinski definition) is 2. The van der Waals surface area contributed by atoms with Gasteiger partial charge in [-0.05, 0) is 31.2 Å². The van der Waals surface area contributed by atoms with E-state index in [9.17, 15) is 18.0 Å². The predicted molar refractivity (Wildman–Crippen MR) is 68.0 cm³/mol. The maximum absolute atomic E-state index is 12.7. The number of alkyl halides is 3. The second-order valence-corrected chi connectivity index (χ2v) is 4.18. The van der Waals surface area contributed by atoms with Crippen molar-refractivity contribution in [2.75, 3.05) is 18.4 Å². The normalized spacial score (nSPS) is 11.4. The monoisotopic (exact) mass is 274 g/mol. The highest BCUT2D eigenvalue weighted by molar-refractivity contribution is 5.90. The lowest BCUT2D eigenvalue weighted by Crippen LogP contribution is -2.21. The molecule has 19 heavy (non-hydrogen) atoms. The summed E-state index contributed by atoms with van der Waals surface area (Å²) < 4.78 is 38.1. The summed E-state index contributed by atoms with van der Waals surface area (Å²) in [5.74, 6) is -0.307. The molecule has 0 heterocycles. The summed E-state index contributed by atoms with van der Waals surface area (Å²) in [4.78, 5) is 11.5. The summed E-state index contributed by atoms with van der Waals surface area (Å²) >= 11 is 0. The van der Waals surface area contributed by atoms with Gasteiger partial charge in [0.25, 0.3) is 0 Å². The molecule has 0 aromatic heterocycles. The van der Waals surface area contributed by atoms with Crippen LogP contribution in [0.1, 0.15) is 24.5 Å². The van der Waals surface area contributed by atoms with Crippen LogP contribution in [0.4, 0.5) is 18.9 Å².